The lowest BCUT2D eigenvalue weighted by atomic mass is 9.83. The maximum atomic E-state index is 13.2. The number of carbonyl (C=O) groups is 1. The average molecular weight is 463 g/mol. The molecule has 1 N–H and O–H groups in total. The maximum Gasteiger partial charge on any atom is 0.260 e. The van der Waals surface area contributed by atoms with Crippen LogP contribution in [0.1, 0.15) is 50.0 Å². The lowest BCUT2D eigenvalue weighted by Gasteiger charge is -2.41. The molecular weight excluding hydrogens is 432 g/mol. The molecule has 2 atom stereocenters. The van der Waals surface area contributed by atoms with Gasteiger partial charge < -0.3 is 18.8 Å². The molecule has 2 fully saturated rings. The standard InChI is InChI=1S/C22H30N4O5S/c1-32(28,29)24-18-3-2-9-26-19(18)13-30-16-6-4-15(5-7-16)17-12-25-10-8-23-21(25)11-20(17)31-14-22(26)27/h8,10-12,15-16,18-19,24H,2-7,9,13-14H2,1H3/t15?,16?,18-,19?/m0/s1. The summed E-state index contributed by atoms with van der Waals surface area (Å²) in [4.78, 5) is 19.3. The highest BCUT2D eigenvalue weighted by atomic mass is 32.2. The number of pyridine rings is 1. The number of ether oxygens (including phenoxy) is 2. The van der Waals surface area contributed by atoms with E-state index >= 15 is 0 Å². The topological polar surface area (TPSA) is 102 Å². The van der Waals surface area contributed by atoms with Gasteiger partial charge >= 0.3 is 0 Å². The molecule has 5 heterocycles. The molecule has 1 amide bonds. The van der Waals surface area contributed by atoms with Crippen molar-refractivity contribution in [3.63, 3.8) is 0 Å². The molecule has 1 aliphatic carbocycles. The van der Waals surface area contributed by atoms with E-state index in [9.17, 15) is 13.2 Å². The molecule has 1 saturated carbocycles. The van der Waals surface area contributed by atoms with Crippen molar-refractivity contribution in [1.82, 2.24) is 19.0 Å². The van der Waals surface area contributed by atoms with Crippen molar-refractivity contribution in [2.24, 2.45) is 0 Å². The van der Waals surface area contributed by atoms with Crippen LogP contribution in [0, 0.1) is 0 Å². The molecule has 6 rings (SSSR count). The minimum Gasteiger partial charge on any atom is -0.483 e. The molecule has 32 heavy (non-hydrogen) atoms. The van der Waals surface area contributed by atoms with Crippen LogP contribution in [-0.2, 0) is 19.6 Å². The SMILES string of the molecule is CS(=O)(=O)N[C@H]1CCCN2C(=O)COc3cc4nccn4cc3C3CCC(CC3)OCC12. The van der Waals surface area contributed by atoms with Crippen LogP contribution in [0.3, 0.4) is 0 Å². The summed E-state index contributed by atoms with van der Waals surface area (Å²) in [6.07, 6.45) is 12.2. The van der Waals surface area contributed by atoms with Gasteiger partial charge in [0.2, 0.25) is 10.0 Å². The Morgan fingerprint density at radius 2 is 2.00 bits per heavy atom. The molecule has 3 aliphatic heterocycles. The van der Waals surface area contributed by atoms with Crippen molar-refractivity contribution in [2.75, 3.05) is 26.0 Å². The number of sulfonamides is 1. The summed E-state index contributed by atoms with van der Waals surface area (Å²) in [6.45, 7) is 0.800. The van der Waals surface area contributed by atoms with Crippen molar-refractivity contribution < 1.29 is 22.7 Å². The number of hydrogen-bond acceptors (Lipinski definition) is 6. The van der Waals surface area contributed by atoms with E-state index in [0.717, 1.165) is 49.6 Å². The minimum atomic E-state index is -3.40. The highest BCUT2D eigenvalue weighted by Crippen LogP contribution is 2.39. The predicted octanol–water partition coefficient (Wildman–Crippen LogP) is 1.68. The molecule has 2 bridgehead atoms. The van der Waals surface area contributed by atoms with E-state index < -0.39 is 10.0 Å². The first-order valence-electron chi connectivity index (χ1n) is 11.3. The van der Waals surface area contributed by atoms with Gasteiger partial charge in [-0.2, -0.15) is 0 Å². The molecule has 4 aliphatic rings. The third kappa shape index (κ3) is 4.49. The van der Waals surface area contributed by atoms with Gasteiger partial charge in [-0.05, 0) is 44.4 Å². The second-order valence-corrected chi connectivity index (χ2v) is 11.0. The van der Waals surface area contributed by atoms with Crippen LogP contribution < -0.4 is 9.46 Å². The quantitative estimate of drug-likeness (QED) is 0.729. The van der Waals surface area contributed by atoms with Gasteiger partial charge in [0.25, 0.3) is 5.91 Å². The Hall–Kier alpha value is -2.17. The van der Waals surface area contributed by atoms with Crippen LogP contribution >= 0.6 is 0 Å². The zero-order valence-corrected chi connectivity index (χ0v) is 19.1. The Bertz CT molecular complexity index is 1090. The fourth-order valence-electron chi connectivity index (χ4n) is 5.37. The predicted molar refractivity (Wildman–Crippen MR) is 118 cm³/mol. The van der Waals surface area contributed by atoms with E-state index in [1.165, 1.54) is 0 Å². The van der Waals surface area contributed by atoms with Crippen LogP contribution in [0.5, 0.6) is 5.75 Å². The number of carbonyl (C=O) groups excluding carboxylic acids is 1. The number of aromatic nitrogens is 2. The number of imidazole rings is 1. The van der Waals surface area contributed by atoms with Gasteiger partial charge in [0.15, 0.2) is 6.61 Å². The summed E-state index contributed by atoms with van der Waals surface area (Å²) < 4.78 is 41.0. The van der Waals surface area contributed by atoms with Crippen molar-refractivity contribution in [3.8, 4) is 5.75 Å². The highest BCUT2D eigenvalue weighted by molar-refractivity contribution is 7.88. The summed E-state index contributed by atoms with van der Waals surface area (Å²) >= 11 is 0. The third-order valence-corrected chi connectivity index (χ3v) is 7.69. The van der Waals surface area contributed by atoms with E-state index in [0.29, 0.717) is 31.2 Å². The van der Waals surface area contributed by atoms with Crippen molar-refractivity contribution in [1.29, 1.82) is 0 Å². The summed E-state index contributed by atoms with van der Waals surface area (Å²) in [5, 5.41) is 0. The van der Waals surface area contributed by atoms with Crippen molar-refractivity contribution in [3.05, 3.63) is 30.2 Å². The van der Waals surface area contributed by atoms with E-state index in [1.807, 2.05) is 16.7 Å². The molecular formula is C22H30N4O5S. The number of rotatable bonds is 2. The minimum absolute atomic E-state index is 0.0951. The Balaban J connectivity index is 1.47. The van der Waals surface area contributed by atoms with Crippen LogP contribution in [0.15, 0.2) is 24.7 Å². The first-order chi connectivity index (χ1) is 15.4. The largest absolute Gasteiger partial charge is 0.483 e. The van der Waals surface area contributed by atoms with Crippen LogP contribution in [0.4, 0.5) is 0 Å². The molecule has 1 unspecified atom stereocenters. The lowest BCUT2D eigenvalue weighted by Crippen LogP contribution is -2.59. The number of nitrogens with zero attached hydrogens (tertiary/aromatic N) is 3. The summed E-state index contributed by atoms with van der Waals surface area (Å²) in [5.74, 6) is 0.897. The highest BCUT2D eigenvalue weighted by Gasteiger charge is 2.37. The maximum absolute atomic E-state index is 13.2. The number of amides is 1. The Kier molecular flexibility index (Phi) is 5.85. The van der Waals surface area contributed by atoms with E-state index in [-0.39, 0.29) is 30.7 Å². The van der Waals surface area contributed by atoms with Gasteiger partial charge in [0, 0.05) is 42.8 Å². The monoisotopic (exact) mass is 462 g/mol. The Morgan fingerprint density at radius 1 is 1.19 bits per heavy atom. The second-order valence-electron chi connectivity index (χ2n) is 9.17. The van der Waals surface area contributed by atoms with Crippen molar-refractivity contribution >= 4 is 21.6 Å². The molecule has 0 radical (unpaired) electrons. The number of fused-ring (bicyclic) bond motifs is 6. The molecule has 1 saturated heterocycles. The molecule has 2 aromatic rings. The average Bonchev–Trinajstić information content (AvgIpc) is 3.22. The molecule has 0 aromatic carbocycles. The van der Waals surface area contributed by atoms with Crippen molar-refractivity contribution in [2.45, 2.75) is 62.6 Å². The summed E-state index contributed by atoms with van der Waals surface area (Å²) in [5.41, 5.74) is 1.89. The first kappa shape index (κ1) is 21.7. The van der Waals surface area contributed by atoms with Crippen LogP contribution in [0.2, 0.25) is 0 Å². The lowest BCUT2D eigenvalue weighted by molar-refractivity contribution is -0.140. The van der Waals surface area contributed by atoms with Gasteiger partial charge in [-0.15, -0.1) is 0 Å². The van der Waals surface area contributed by atoms with E-state index in [2.05, 4.69) is 15.9 Å². The number of piperidine rings is 1. The van der Waals surface area contributed by atoms with Crippen LogP contribution in [-0.4, -0.2) is 72.8 Å². The third-order valence-electron chi connectivity index (χ3n) is 6.95. The molecule has 2 aromatic heterocycles. The smallest absolute Gasteiger partial charge is 0.260 e. The molecule has 10 heteroatoms. The normalized spacial score (nSPS) is 29.4. The summed E-state index contributed by atoms with van der Waals surface area (Å²) in [7, 11) is -3.40. The molecule has 0 spiro atoms. The second kappa shape index (κ2) is 8.64. The zero-order chi connectivity index (χ0) is 22.3. The van der Waals surface area contributed by atoms with E-state index in [1.54, 1.807) is 11.1 Å². The Morgan fingerprint density at radius 3 is 2.78 bits per heavy atom. The van der Waals surface area contributed by atoms with Gasteiger partial charge in [0.05, 0.1) is 25.0 Å². The number of hydrogen-bond donors (Lipinski definition) is 1. The fourth-order valence-corrected chi connectivity index (χ4v) is 6.20. The zero-order valence-electron chi connectivity index (χ0n) is 18.3. The molecule has 9 nitrogen and oxygen atoms in total. The van der Waals surface area contributed by atoms with Gasteiger partial charge in [-0.25, -0.2) is 18.1 Å². The van der Waals surface area contributed by atoms with E-state index in [4.69, 9.17) is 9.47 Å². The number of nitrogens with one attached hydrogen (secondary N) is 1. The summed E-state index contributed by atoms with van der Waals surface area (Å²) in [6, 6.07) is 1.20. The first-order valence-corrected chi connectivity index (χ1v) is 13.2. The van der Waals surface area contributed by atoms with Gasteiger partial charge in [0.1, 0.15) is 11.4 Å². The van der Waals surface area contributed by atoms with Gasteiger partial charge in [-0.3, -0.25) is 4.79 Å². The van der Waals surface area contributed by atoms with Crippen LogP contribution in [0.25, 0.3) is 5.65 Å². The Labute approximate surface area is 188 Å². The fraction of sp³-hybridized carbons (Fsp3) is 0.636. The van der Waals surface area contributed by atoms with Gasteiger partial charge in [-0.1, -0.05) is 0 Å². The molecule has 174 valence electrons.